The van der Waals surface area contributed by atoms with Crippen molar-refractivity contribution in [2.75, 3.05) is 13.1 Å². The molecule has 0 aliphatic carbocycles. The maximum Gasteiger partial charge on any atom is 0.317 e. The molecule has 1 aliphatic heterocycles. The van der Waals surface area contributed by atoms with Crippen LogP contribution in [0.15, 0.2) is 24.3 Å². The van der Waals surface area contributed by atoms with E-state index < -0.39 is 11.9 Å². The first kappa shape index (κ1) is 15.6. The molecule has 1 aliphatic rings. The Morgan fingerprint density at radius 3 is 2.62 bits per heavy atom. The lowest BCUT2D eigenvalue weighted by Gasteiger charge is -2.34. The van der Waals surface area contributed by atoms with E-state index in [-0.39, 0.29) is 18.5 Å². The van der Waals surface area contributed by atoms with Gasteiger partial charge in [-0.25, -0.2) is 4.79 Å². The number of urea groups is 1. The van der Waals surface area contributed by atoms with Crippen molar-refractivity contribution in [2.24, 2.45) is 11.8 Å². The van der Waals surface area contributed by atoms with Crippen LogP contribution < -0.4 is 5.32 Å². The second-order valence-corrected chi connectivity index (χ2v) is 6.00. The molecular weight excluding hydrogens is 292 g/mol. The Hall–Kier alpha value is -1.75. The number of aliphatic carboxylic acids is 1. The summed E-state index contributed by atoms with van der Waals surface area (Å²) in [5, 5.41) is 12.6. The van der Waals surface area contributed by atoms with Crippen molar-refractivity contribution in [3.05, 3.63) is 34.9 Å². The molecule has 0 spiro atoms. The van der Waals surface area contributed by atoms with Crippen molar-refractivity contribution in [1.29, 1.82) is 0 Å². The van der Waals surface area contributed by atoms with Crippen LogP contribution in [-0.2, 0) is 11.3 Å². The fourth-order valence-corrected chi connectivity index (χ4v) is 2.71. The molecule has 0 saturated carbocycles. The molecule has 2 atom stereocenters. The largest absolute Gasteiger partial charge is 0.481 e. The van der Waals surface area contributed by atoms with Crippen molar-refractivity contribution in [2.45, 2.75) is 19.9 Å². The average molecular weight is 311 g/mol. The van der Waals surface area contributed by atoms with Crippen LogP contribution in [0.5, 0.6) is 0 Å². The SMILES string of the molecule is CC1CC(C(=O)O)CN(C(=O)NCc2ccc(Cl)cc2)C1. The van der Waals surface area contributed by atoms with Crippen LogP contribution in [0, 0.1) is 11.8 Å². The number of nitrogens with zero attached hydrogens (tertiary/aromatic N) is 1. The molecule has 2 N–H and O–H groups in total. The fraction of sp³-hybridized carbons (Fsp3) is 0.467. The number of piperidine rings is 1. The van der Waals surface area contributed by atoms with Crippen molar-refractivity contribution >= 4 is 23.6 Å². The minimum absolute atomic E-state index is 0.195. The molecule has 0 radical (unpaired) electrons. The highest BCUT2D eigenvalue weighted by Crippen LogP contribution is 2.21. The van der Waals surface area contributed by atoms with Gasteiger partial charge in [0, 0.05) is 24.7 Å². The zero-order valence-corrected chi connectivity index (χ0v) is 12.6. The number of rotatable bonds is 3. The lowest BCUT2D eigenvalue weighted by atomic mass is 9.91. The van der Waals surface area contributed by atoms with E-state index in [1.54, 1.807) is 17.0 Å². The molecule has 6 heteroatoms. The van der Waals surface area contributed by atoms with Crippen LogP contribution in [0.3, 0.4) is 0 Å². The van der Waals surface area contributed by atoms with Gasteiger partial charge in [-0.15, -0.1) is 0 Å². The van der Waals surface area contributed by atoms with Crippen molar-refractivity contribution in [1.82, 2.24) is 10.2 Å². The summed E-state index contributed by atoms with van der Waals surface area (Å²) in [6, 6.07) is 7.02. The number of nitrogens with one attached hydrogen (secondary N) is 1. The number of carboxylic acid groups (broad SMARTS) is 1. The first-order valence-electron chi connectivity index (χ1n) is 6.95. The van der Waals surface area contributed by atoms with E-state index >= 15 is 0 Å². The van der Waals surface area contributed by atoms with E-state index in [4.69, 9.17) is 16.7 Å². The second-order valence-electron chi connectivity index (χ2n) is 5.57. The molecule has 114 valence electrons. The standard InChI is InChI=1S/C15H19ClN2O3/c1-10-6-12(14(19)20)9-18(8-10)15(21)17-7-11-2-4-13(16)5-3-11/h2-5,10,12H,6-9H2,1H3,(H,17,21)(H,19,20). The summed E-state index contributed by atoms with van der Waals surface area (Å²) in [6.45, 7) is 3.23. The number of benzene rings is 1. The van der Waals surface area contributed by atoms with Crippen LogP contribution in [0.25, 0.3) is 0 Å². The number of hydrogen-bond acceptors (Lipinski definition) is 2. The Balaban J connectivity index is 1.90. The molecule has 1 aromatic carbocycles. The summed E-state index contributed by atoms with van der Waals surface area (Å²) in [5.74, 6) is -1.12. The third-order valence-electron chi connectivity index (χ3n) is 3.65. The van der Waals surface area contributed by atoms with Gasteiger partial charge in [0.2, 0.25) is 0 Å². The normalized spacial score (nSPS) is 21.9. The van der Waals surface area contributed by atoms with Crippen LogP contribution >= 0.6 is 11.6 Å². The van der Waals surface area contributed by atoms with Crippen LogP contribution in [0.2, 0.25) is 5.02 Å². The quantitative estimate of drug-likeness (QED) is 0.901. The number of amides is 2. The Kier molecular flexibility index (Phi) is 5.07. The molecule has 5 nitrogen and oxygen atoms in total. The molecule has 1 heterocycles. The summed E-state index contributed by atoms with van der Waals surface area (Å²) >= 11 is 5.81. The summed E-state index contributed by atoms with van der Waals surface area (Å²) in [7, 11) is 0. The molecule has 21 heavy (non-hydrogen) atoms. The summed E-state index contributed by atoms with van der Waals surface area (Å²) in [6.07, 6.45) is 0.621. The monoisotopic (exact) mass is 310 g/mol. The smallest absolute Gasteiger partial charge is 0.317 e. The highest BCUT2D eigenvalue weighted by molar-refractivity contribution is 6.30. The number of carbonyl (C=O) groups excluding carboxylic acids is 1. The molecule has 1 aromatic rings. The topological polar surface area (TPSA) is 69.6 Å². The minimum Gasteiger partial charge on any atom is -0.481 e. The summed E-state index contributed by atoms with van der Waals surface area (Å²) < 4.78 is 0. The number of halogens is 1. The average Bonchev–Trinajstić information content (AvgIpc) is 2.45. The van der Waals surface area contributed by atoms with Gasteiger partial charge in [-0.2, -0.15) is 0 Å². The van der Waals surface area contributed by atoms with Gasteiger partial charge >= 0.3 is 12.0 Å². The predicted molar refractivity (Wildman–Crippen MR) is 80.2 cm³/mol. The van der Waals surface area contributed by atoms with Gasteiger partial charge in [-0.05, 0) is 30.0 Å². The van der Waals surface area contributed by atoms with Crippen molar-refractivity contribution < 1.29 is 14.7 Å². The van der Waals surface area contributed by atoms with Gasteiger partial charge in [0.25, 0.3) is 0 Å². The predicted octanol–water partition coefficient (Wildman–Crippen LogP) is 2.59. The Morgan fingerprint density at radius 1 is 1.33 bits per heavy atom. The van der Waals surface area contributed by atoms with E-state index in [1.165, 1.54) is 0 Å². The van der Waals surface area contributed by atoms with Gasteiger partial charge < -0.3 is 15.3 Å². The first-order valence-corrected chi connectivity index (χ1v) is 7.33. The lowest BCUT2D eigenvalue weighted by Crippen LogP contribution is -2.49. The highest BCUT2D eigenvalue weighted by atomic mass is 35.5. The summed E-state index contributed by atoms with van der Waals surface area (Å²) in [4.78, 5) is 24.8. The number of likely N-dealkylation sites (tertiary alicyclic amines) is 1. The Morgan fingerprint density at radius 2 is 2.00 bits per heavy atom. The molecule has 1 fully saturated rings. The van der Waals surface area contributed by atoms with E-state index in [2.05, 4.69) is 5.32 Å². The van der Waals surface area contributed by atoms with Gasteiger partial charge in [-0.3, -0.25) is 4.79 Å². The molecular formula is C15H19ClN2O3. The highest BCUT2D eigenvalue weighted by Gasteiger charge is 2.31. The molecule has 2 rings (SSSR count). The van der Waals surface area contributed by atoms with E-state index in [0.717, 1.165) is 5.56 Å². The van der Waals surface area contributed by atoms with Gasteiger partial charge in [0.15, 0.2) is 0 Å². The zero-order chi connectivity index (χ0) is 15.4. The molecule has 0 bridgehead atoms. The van der Waals surface area contributed by atoms with Gasteiger partial charge in [0.05, 0.1) is 5.92 Å². The van der Waals surface area contributed by atoms with E-state index in [1.807, 2.05) is 19.1 Å². The number of carbonyl (C=O) groups is 2. The van der Waals surface area contributed by atoms with E-state index in [9.17, 15) is 9.59 Å². The fourth-order valence-electron chi connectivity index (χ4n) is 2.59. The Bertz CT molecular complexity index is 518. The van der Waals surface area contributed by atoms with Crippen LogP contribution in [-0.4, -0.2) is 35.1 Å². The minimum atomic E-state index is -0.836. The number of hydrogen-bond donors (Lipinski definition) is 2. The summed E-state index contributed by atoms with van der Waals surface area (Å²) in [5.41, 5.74) is 0.951. The Labute approximate surface area is 128 Å². The third kappa shape index (κ3) is 4.36. The first-order chi connectivity index (χ1) is 9.95. The van der Waals surface area contributed by atoms with Crippen molar-refractivity contribution in [3.8, 4) is 0 Å². The van der Waals surface area contributed by atoms with Crippen LogP contribution in [0.4, 0.5) is 4.79 Å². The van der Waals surface area contributed by atoms with Gasteiger partial charge in [0.1, 0.15) is 0 Å². The van der Waals surface area contributed by atoms with Gasteiger partial charge in [-0.1, -0.05) is 30.7 Å². The van der Waals surface area contributed by atoms with Crippen molar-refractivity contribution in [3.63, 3.8) is 0 Å². The maximum atomic E-state index is 12.1. The third-order valence-corrected chi connectivity index (χ3v) is 3.91. The lowest BCUT2D eigenvalue weighted by molar-refractivity contribution is -0.143. The second kappa shape index (κ2) is 6.80. The maximum absolute atomic E-state index is 12.1. The molecule has 0 aromatic heterocycles. The molecule has 2 amide bonds. The number of carboxylic acids is 1. The molecule has 2 unspecified atom stereocenters. The molecule has 1 saturated heterocycles. The van der Waals surface area contributed by atoms with E-state index in [0.29, 0.717) is 24.5 Å². The van der Waals surface area contributed by atoms with Crippen LogP contribution in [0.1, 0.15) is 18.9 Å². The zero-order valence-electron chi connectivity index (χ0n) is 11.9.